The summed E-state index contributed by atoms with van der Waals surface area (Å²) in [5.41, 5.74) is 1.65. The molecular weight excluding hydrogens is 296 g/mol. The molecule has 0 aliphatic carbocycles. The van der Waals surface area contributed by atoms with E-state index in [0.717, 1.165) is 5.57 Å². The molecule has 5 nitrogen and oxygen atoms in total. The van der Waals surface area contributed by atoms with Crippen molar-refractivity contribution >= 4 is 21.9 Å². The Hall–Kier alpha value is -2.95. The summed E-state index contributed by atoms with van der Waals surface area (Å²) in [5.74, 6) is 0.347. The van der Waals surface area contributed by atoms with Gasteiger partial charge in [-0.2, -0.15) is 0 Å². The zero-order valence-corrected chi connectivity index (χ0v) is 12.4. The molecule has 1 atom stereocenters. The maximum absolute atomic E-state index is 12.7. The molecule has 0 saturated heterocycles. The monoisotopic (exact) mass is 310 g/mol. The van der Waals surface area contributed by atoms with Crippen molar-refractivity contribution in [1.82, 2.24) is 0 Å². The first-order valence-electron chi connectivity index (χ1n) is 7.22. The fourth-order valence-corrected chi connectivity index (χ4v) is 2.96. The predicted octanol–water partition coefficient (Wildman–Crippen LogP) is 3.24. The van der Waals surface area contributed by atoms with Crippen LogP contribution in [0.3, 0.4) is 0 Å². The van der Waals surface area contributed by atoms with Gasteiger partial charge in [-0.15, -0.1) is 0 Å². The molecular formula is C18H14O5. The van der Waals surface area contributed by atoms with E-state index in [1.807, 2.05) is 6.92 Å². The molecule has 2 heterocycles. The van der Waals surface area contributed by atoms with E-state index in [4.69, 9.17) is 9.15 Å². The van der Waals surface area contributed by atoms with Crippen LogP contribution in [-0.4, -0.2) is 16.3 Å². The molecule has 3 aromatic rings. The minimum Gasteiger partial charge on any atom is -0.508 e. The lowest BCUT2D eigenvalue weighted by molar-refractivity contribution is 0.271. The number of rotatable bonds is 1. The summed E-state index contributed by atoms with van der Waals surface area (Å²) in [6, 6.07) is 5.92. The summed E-state index contributed by atoms with van der Waals surface area (Å²) in [4.78, 5) is 12.7. The molecule has 0 amide bonds. The molecule has 2 aromatic carbocycles. The molecule has 1 aliphatic heterocycles. The minimum absolute atomic E-state index is 0.0320. The van der Waals surface area contributed by atoms with Crippen molar-refractivity contribution in [3.63, 3.8) is 0 Å². The van der Waals surface area contributed by atoms with Crippen LogP contribution in [0.5, 0.6) is 17.2 Å². The summed E-state index contributed by atoms with van der Waals surface area (Å²) >= 11 is 0. The number of hydrogen-bond acceptors (Lipinski definition) is 5. The third-order valence-electron chi connectivity index (χ3n) is 4.19. The lowest BCUT2D eigenvalue weighted by Gasteiger charge is -2.09. The van der Waals surface area contributed by atoms with E-state index < -0.39 is 0 Å². The Labute approximate surface area is 131 Å². The third-order valence-corrected chi connectivity index (χ3v) is 4.19. The van der Waals surface area contributed by atoms with E-state index in [1.54, 1.807) is 6.07 Å². The molecule has 116 valence electrons. The van der Waals surface area contributed by atoms with E-state index in [-0.39, 0.29) is 39.4 Å². The minimum atomic E-state index is -0.378. The zero-order valence-electron chi connectivity index (χ0n) is 12.4. The average Bonchev–Trinajstić information content (AvgIpc) is 2.93. The highest BCUT2D eigenvalue weighted by Gasteiger charge is 2.29. The highest BCUT2D eigenvalue weighted by Crippen LogP contribution is 2.42. The Bertz CT molecular complexity index is 1040. The molecule has 0 bridgehead atoms. The maximum atomic E-state index is 12.7. The fraction of sp³-hybridized carbons (Fsp3) is 0.167. The standard InChI is InChI=1S/C18H14O5/c1-8(2)13-6-11-14(23-13)7-15-16(18(11)21)17(20)10-5-9(19)3-4-12(10)22-15/h3-5,7,13,19,21H,1,6H2,2H3/t13-/m0/s1. The van der Waals surface area contributed by atoms with Gasteiger partial charge in [0.25, 0.3) is 0 Å². The molecule has 0 unspecified atom stereocenters. The van der Waals surface area contributed by atoms with Gasteiger partial charge in [0, 0.05) is 18.1 Å². The first kappa shape index (κ1) is 13.7. The Balaban J connectivity index is 2.07. The molecule has 1 aliphatic rings. The van der Waals surface area contributed by atoms with Crippen molar-refractivity contribution in [3.05, 3.63) is 52.2 Å². The Morgan fingerprint density at radius 3 is 2.78 bits per heavy atom. The normalized spacial score (nSPS) is 16.5. The molecule has 2 N–H and O–H groups in total. The largest absolute Gasteiger partial charge is 0.508 e. The number of benzene rings is 2. The van der Waals surface area contributed by atoms with E-state index in [1.165, 1.54) is 18.2 Å². The molecule has 0 saturated carbocycles. The number of hydrogen-bond donors (Lipinski definition) is 2. The van der Waals surface area contributed by atoms with Crippen LogP contribution in [0.25, 0.3) is 21.9 Å². The Morgan fingerprint density at radius 2 is 2.04 bits per heavy atom. The van der Waals surface area contributed by atoms with Gasteiger partial charge >= 0.3 is 0 Å². The van der Waals surface area contributed by atoms with Gasteiger partial charge in [-0.1, -0.05) is 6.58 Å². The summed E-state index contributed by atoms with van der Waals surface area (Å²) in [5, 5.41) is 20.5. The number of phenols is 2. The van der Waals surface area contributed by atoms with Crippen LogP contribution in [0.4, 0.5) is 0 Å². The van der Waals surface area contributed by atoms with Crippen LogP contribution < -0.4 is 10.2 Å². The highest BCUT2D eigenvalue weighted by atomic mass is 16.5. The topological polar surface area (TPSA) is 79.9 Å². The molecule has 0 fully saturated rings. The number of aromatic hydroxyl groups is 2. The second-order valence-electron chi connectivity index (χ2n) is 5.84. The fourth-order valence-electron chi connectivity index (χ4n) is 2.96. The molecule has 0 spiro atoms. The van der Waals surface area contributed by atoms with Crippen molar-refractivity contribution in [1.29, 1.82) is 0 Å². The number of fused-ring (bicyclic) bond motifs is 3. The van der Waals surface area contributed by atoms with Gasteiger partial charge in [-0.3, -0.25) is 4.79 Å². The molecule has 4 rings (SSSR count). The van der Waals surface area contributed by atoms with Gasteiger partial charge in [0.05, 0.1) is 5.39 Å². The highest BCUT2D eigenvalue weighted by molar-refractivity contribution is 5.95. The van der Waals surface area contributed by atoms with Crippen molar-refractivity contribution < 1.29 is 19.4 Å². The van der Waals surface area contributed by atoms with Crippen LogP contribution in [0.1, 0.15) is 12.5 Å². The molecule has 0 radical (unpaired) electrons. The van der Waals surface area contributed by atoms with Crippen molar-refractivity contribution in [2.75, 3.05) is 0 Å². The maximum Gasteiger partial charge on any atom is 0.204 e. The van der Waals surface area contributed by atoms with Crippen LogP contribution >= 0.6 is 0 Å². The first-order valence-corrected chi connectivity index (χ1v) is 7.22. The number of phenolic OH excluding ortho intramolecular Hbond substituents is 2. The lowest BCUT2D eigenvalue weighted by atomic mass is 10.0. The lowest BCUT2D eigenvalue weighted by Crippen LogP contribution is -2.13. The van der Waals surface area contributed by atoms with Gasteiger partial charge in [-0.05, 0) is 30.7 Å². The van der Waals surface area contributed by atoms with E-state index in [2.05, 4.69) is 6.58 Å². The summed E-state index contributed by atoms with van der Waals surface area (Å²) in [7, 11) is 0. The molecule has 1 aromatic heterocycles. The van der Waals surface area contributed by atoms with Crippen LogP contribution in [-0.2, 0) is 6.42 Å². The van der Waals surface area contributed by atoms with Crippen molar-refractivity contribution in [2.45, 2.75) is 19.4 Å². The summed E-state index contributed by atoms with van der Waals surface area (Å²) in [6.45, 7) is 5.73. The zero-order chi connectivity index (χ0) is 16.3. The van der Waals surface area contributed by atoms with Gasteiger partial charge in [-0.25, -0.2) is 0 Å². The van der Waals surface area contributed by atoms with Crippen molar-refractivity contribution in [2.24, 2.45) is 0 Å². The molecule has 23 heavy (non-hydrogen) atoms. The Morgan fingerprint density at radius 1 is 1.26 bits per heavy atom. The SMILES string of the molecule is C=C(C)[C@@H]1Cc2c(cc3oc4ccc(O)cc4c(=O)c3c2O)O1. The quantitative estimate of drug-likeness (QED) is 0.533. The van der Waals surface area contributed by atoms with Gasteiger partial charge < -0.3 is 19.4 Å². The van der Waals surface area contributed by atoms with E-state index >= 15 is 0 Å². The smallest absolute Gasteiger partial charge is 0.204 e. The predicted molar refractivity (Wildman–Crippen MR) is 86.3 cm³/mol. The van der Waals surface area contributed by atoms with E-state index in [9.17, 15) is 15.0 Å². The number of ether oxygens (including phenoxy) is 1. The third kappa shape index (κ3) is 1.90. The van der Waals surface area contributed by atoms with Gasteiger partial charge in [0.15, 0.2) is 0 Å². The Kier molecular flexibility index (Phi) is 2.69. The molecule has 5 heteroatoms. The second kappa shape index (κ2) is 4.52. The summed E-state index contributed by atoms with van der Waals surface area (Å²) < 4.78 is 11.5. The average molecular weight is 310 g/mol. The summed E-state index contributed by atoms with van der Waals surface area (Å²) in [6.07, 6.45) is 0.241. The van der Waals surface area contributed by atoms with E-state index in [0.29, 0.717) is 23.3 Å². The second-order valence-corrected chi connectivity index (χ2v) is 5.84. The van der Waals surface area contributed by atoms with Crippen LogP contribution in [0, 0.1) is 0 Å². The van der Waals surface area contributed by atoms with Crippen LogP contribution in [0.15, 0.2) is 45.6 Å². The first-order chi connectivity index (χ1) is 11.0. The van der Waals surface area contributed by atoms with Gasteiger partial charge in [0.2, 0.25) is 5.43 Å². The van der Waals surface area contributed by atoms with Gasteiger partial charge in [0.1, 0.15) is 39.9 Å². The van der Waals surface area contributed by atoms with Crippen LogP contribution in [0.2, 0.25) is 0 Å². The van der Waals surface area contributed by atoms with Crippen molar-refractivity contribution in [3.8, 4) is 17.2 Å².